The number of hydrogen-bond acceptors (Lipinski definition) is 3. The third-order valence-corrected chi connectivity index (χ3v) is 3.91. The average Bonchev–Trinajstić information content (AvgIpc) is 2.85. The first-order chi connectivity index (χ1) is 9.74. The average molecular weight is 272 g/mol. The molecule has 1 aromatic carbocycles. The number of aryl methyl sites for hydroxylation is 2. The van der Waals surface area contributed by atoms with Gasteiger partial charge in [0.1, 0.15) is 11.6 Å². The van der Waals surface area contributed by atoms with Crippen LogP contribution in [0.2, 0.25) is 0 Å². The van der Waals surface area contributed by atoms with Crippen molar-refractivity contribution >= 4 is 0 Å². The van der Waals surface area contributed by atoms with E-state index in [1.54, 1.807) is 6.20 Å². The van der Waals surface area contributed by atoms with Gasteiger partial charge in [0.2, 0.25) is 0 Å². The molecule has 1 N–H and O–H groups in total. The first-order valence-corrected chi connectivity index (χ1v) is 7.14. The molecular formula is C16H20N2O2. The predicted octanol–water partition coefficient (Wildman–Crippen LogP) is 2.41. The summed E-state index contributed by atoms with van der Waals surface area (Å²) >= 11 is 0. The molecule has 0 saturated heterocycles. The summed E-state index contributed by atoms with van der Waals surface area (Å²) in [6, 6.07) is 6.01. The van der Waals surface area contributed by atoms with E-state index in [0.29, 0.717) is 6.61 Å². The first-order valence-electron chi connectivity index (χ1n) is 7.14. The lowest BCUT2D eigenvalue weighted by Gasteiger charge is -2.21. The van der Waals surface area contributed by atoms with E-state index in [9.17, 15) is 5.11 Å². The van der Waals surface area contributed by atoms with Crippen molar-refractivity contribution in [1.29, 1.82) is 0 Å². The Kier molecular flexibility index (Phi) is 3.74. The molecular weight excluding hydrogens is 252 g/mol. The third kappa shape index (κ3) is 2.70. The molecule has 1 atom stereocenters. The van der Waals surface area contributed by atoms with Gasteiger partial charge in [0.25, 0.3) is 0 Å². The third-order valence-electron chi connectivity index (χ3n) is 3.91. The molecule has 0 spiro atoms. The van der Waals surface area contributed by atoms with Crippen molar-refractivity contribution in [2.24, 2.45) is 7.05 Å². The van der Waals surface area contributed by atoms with E-state index >= 15 is 0 Å². The minimum atomic E-state index is -0.305. The summed E-state index contributed by atoms with van der Waals surface area (Å²) in [7, 11) is 1.99. The Hall–Kier alpha value is -1.81. The number of fused-ring (bicyclic) bond motifs is 1. The van der Waals surface area contributed by atoms with E-state index < -0.39 is 0 Å². The second-order valence-electron chi connectivity index (χ2n) is 5.32. The summed E-state index contributed by atoms with van der Waals surface area (Å²) in [5, 5.41) is 9.93. The van der Waals surface area contributed by atoms with Crippen LogP contribution in [0.4, 0.5) is 0 Å². The molecule has 1 aliphatic rings. The number of aromatic nitrogens is 2. The van der Waals surface area contributed by atoms with Crippen LogP contribution >= 0.6 is 0 Å². The molecule has 1 heterocycles. The Labute approximate surface area is 119 Å². The summed E-state index contributed by atoms with van der Waals surface area (Å²) in [4.78, 5) is 4.28. The lowest BCUT2D eigenvalue weighted by Crippen LogP contribution is -2.10. The van der Waals surface area contributed by atoms with Crippen molar-refractivity contribution in [1.82, 2.24) is 9.55 Å². The molecule has 1 unspecified atom stereocenters. The van der Waals surface area contributed by atoms with Gasteiger partial charge in [-0.05, 0) is 42.5 Å². The number of benzene rings is 1. The van der Waals surface area contributed by atoms with Crippen LogP contribution in [0.25, 0.3) is 0 Å². The van der Waals surface area contributed by atoms with Crippen molar-refractivity contribution in [3.8, 4) is 5.75 Å². The molecule has 4 heteroatoms. The number of aliphatic hydroxyl groups is 1. The maximum atomic E-state index is 9.93. The molecule has 0 amide bonds. The quantitative estimate of drug-likeness (QED) is 0.929. The lowest BCUT2D eigenvalue weighted by molar-refractivity contribution is 0.156. The topological polar surface area (TPSA) is 47.3 Å². The van der Waals surface area contributed by atoms with Crippen LogP contribution in [-0.4, -0.2) is 21.3 Å². The van der Waals surface area contributed by atoms with Crippen LogP contribution in [0.5, 0.6) is 5.75 Å². The molecule has 2 aromatic rings. The van der Waals surface area contributed by atoms with Gasteiger partial charge in [0.15, 0.2) is 0 Å². The van der Waals surface area contributed by atoms with E-state index in [-0.39, 0.29) is 6.10 Å². The smallest absolute Gasteiger partial charge is 0.119 e. The second kappa shape index (κ2) is 5.67. The van der Waals surface area contributed by atoms with Gasteiger partial charge >= 0.3 is 0 Å². The zero-order valence-electron chi connectivity index (χ0n) is 11.7. The zero-order chi connectivity index (χ0) is 13.9. The number of ether oxygens (including phenoxy) is 1. The standard InChI is InChI=1S/C16H20N2O2/c1-18-9-8-17-16(18)7-10-20-13-5-6-14-12(11-13)3-2-4-15(14)19/h5-6,8-9,11,15,19H,2-4,7,10H2,1H3. The van der Waals surface area contributed by atoms with Gasteiger partial charge in [-0.15, -0.1) is 0 Å². The highest BCUT2D eigenvalue weighted by Gasteiger charge is 2.18. The maximum Gasteiger partial charge on any atom is 0.119 e. The van der Waals surface area contributed by atoms with Gasteiger partial charge in [-0.25, -0.2) is 4.98 Å². The van der Waals surface area contributed by atoms with Gasteiger partial charge in [-0.2, -0.15) is 0 Å². The Morgan fingerprint density at radius 3 is 3.15 bits per heavy atom. The summed E-state index contributed by atoms with van der Waals surface area (Å²) in [5.74, 6) is 1.91. The lowest BCUT2D eigenvalue weighted by atomic mass is 9.89. The van der Waals surface area contributed by atoms with Crippen LogP contribution < -0.4 is 4.74 Å². The van der Waals surface area contributed by atoms with Crippen LogP contribution in [0.3, 0.4) is 0 Å². The highest BCUT2D eigenvalue weighted by molar-refractivity contribution is 5.38. The van der Waals surface area contributed by atoms with Crippen molar-refractivity contribution in [2.45, 2.75) is 31.8 Å². The number of imidazole rings is 1. The van der Waals surface area contributed by atoms with Crippen LogP contribution in [0, 0.1) is 0 Å². The fraction of sp³-hybridized carbons (Fsp3) is 0.438. The largest absolute Gasteiger partial charge is 0.493 e. The summed E-state index contributed by atoms with van der Waals surface area (Å²) in [6.45, 7) is 0.617. The number of aliphatic hydroxyl groups excluding tert-OH is 1. The van der Waals surface area contributed by atoms with Crippen molar-refractivity contribution < 1.29 is 9.84 Å². The first kappa shape index (κ1) is 13.2. The molecule has 0 saturated carbocycles. The Morgan fingerprint density at radius 1 is 1.45 bits per heavy atom. The minimum Gasteiger partial charge on any atom is -0.493 e. The van der Waals surface area contributed by atoms with E-state index in [4.69, 9.17) is 4.74 Å². The van der Waals surface area contributed by atoms with Gasteiger partial charge in [0, 0.05) is 25.9 Å². The Morgan fingerprint density at radius 2 is 2.35 bits per heavy atom. The molecule has 0 radical (unpaired) electrons. The molecule has 3 rings (SSSR count). The molecule has 20 heavy (non-hydrogen) atoms. The highest BCUT2D eigenvalue weighted by Crippen LogP contribution is 2.31. The number of nitrogens with zero attached hydrogens (tertiary/aromatic N) is 2. The monoisotopic (exact) mass is 272 g/mol. The summed E-state index contributed by atoms with van der Waals surface area (Å²) < 4.78 is 7.81. The van der Waals surface area contributed by atoms with Crippen molar-refractivity contribution in [3.05, 3.63) is 47.5 Å². The van der Waals surface area contributed by atoms with Crippen molar-refractivity contribution in [2.75, 3.05) is 6.61 Å². The zero-order valence-corrected chi connectivity index (χ0v) is 11.7. The predicted molar refractivity (Wildman–Crippen MR) is 76.7 cm³/mol. The Balaban J connectivity index is 1.62. The van der Waals surface area contributed by atoms with Gasteiger partial charge in [-0.3, -0.25) is 0 Å². The summed E-state index contributed by atoms with van der Waals surface area (Å²) in [5.41, 5.74) is 2.28. The fourth-order valence-electron chi connectivity index (χ4n) is 2.75. The van der Waals surface area contributed by atoms with E-state index in [1.165, 1.54) is 5.56 Å². The normalized spacial score (nSPS) is 17.8. The molecule has 106 valence electrons. The second-order valence-corrected chi connectivity index (χ2v) is 5.32. The number of rotatable bonds is 4. The summed E-state index contributed by atoms with van der Waals surface area (Å²) in [6.07, 6.45) is 7.18. The maximum absolute atomic E-state index is 9.93. The molecule has 1 aromatic heterocycles. The van der Waals surface area contributed by atoms with Gasteiger partial charge in [0.05, 0.1) is 12.7 Å². The van der Waals surface area contributed by atoms with E-state index in [2.05, 4.69) is 11.1 Å². The van der Waals surface area contributed by atoms with Crippen LogP contribution in [0.15, 0.2) is 30.6 Å². The minimum absolute atomic E-state index is 0.305. The van der Waals surface area contributed by atoms with Gasteiger partial charge in [-0.1, -0.05) is 6.07 Å². The number of hydrogen-bond donors (Lipinski definition) is 1. The highest BCUT2D eigenvalue weighted by atomic mass is 16.5. The fourth-order valence-corrected chi connectivity index (χ4v) is 2.75. The molecule has 4 nitrogen and oxygen atoms in total. The molecule has 0 aliphatic heterocycles. The Bertz CT molecular complexity index is 592. The van der Waals surface area contributed by atoms with Gasteiger partial charge < -0.3 is 14.4 Å². The van der Waals surface area contributed by atoms with Crippen molar-refractivity contribution in [3.63, 3.8) is 0 Å². The van der Waals surface area contributed by atoms with Crippen LogP contribution in [0.1, 0.15) is 35.9 Å². The van der Waals surface area contributed by atoms with E-state index in [0.717, 1.165) is 42.8 Å². The molecule has 0 fully saturated rings. The SMILES string of the molecule is Cn1ccnc1CCOc1ccc2c(c1)CCCC2O. The molecule has 0 bridgehead atoms. The van der Waals surface area contributed by atoms with Crippen LogP contribution in [-0.2, 0) is 19.9 Å². The molecule has 1 aliphatic carbocycles. The van der Waals surface area contributed by atoms with E-state index in [1.807, 2.05) is 29.9 Å².